The number of halogens is 1. The zero-order valence-electron chi connectivity index (χ0n) is 9.99. The summed E-state index contributed by atoms with van der Waals surface area (Å²) in [6.45, 7) is 4.59. The topological polar surface area (TPSA) is 64.3 Å². The molecule has 16 heavy (non-hydrogen) atoms. The molecule has 0 aliphatic rings. The number of hydrogen-bond acceptors (Lipinski definition) is 5. The molecule has 6 heteroatoms. The Balaban J connectivity index is 2.71. The van der Waals surface area contributed by atoms with E-state index in [1.54, 1.807) is 0 Å². The van der Waals surface area contributed by atoms with Crippen molar-refractivity contribution in [3.8, 4) is 5.88 Å². The van der Waals surface area contributed by atoms with Crippen molar-refractivity contribution in [2.75, 3.05) is 26.4 Å². The van der Waals surface area contributed by atoms with Gasteiger partial charge in [-0.2, -0.15) is 4.98 Å². The van der Waals surface area contributed by atoms with Crippen molar-refractivity contribution in [3.63, 3.8) is 0 Å². The lowest BCUT2D eigenvalue weighted by Crippen LogP contribution is -2.43. The van der Waals surface area contributed by atoms with E-state index in [0.717, 1.165) is 0 Å². The molecule has 0 saturated carbocycles. The van der Waals surface area contributed by atoms with Crippen LogP contribution in [-0.2, 0) is 0 Å². The van der Waals surface area contributed by atoms with Crippen LogP contribution < -0.4 is 10.5 Å². The molecule has 5 nitrogen and oxygen atoms in total. The number of aromatic nitrogens is 2. The van der Waals surface area contributed by atoms with Crippen molar-refractivity contribution in [1.82, 2.24) is 14.9 Å². The fraction of sp³-hybridized carbons (Fsp3) is 0.600. The number of nitrogen functional groups attached to an aromatic ring is 1. The van der Waals surface area contributed by atoms with Crippen molar-refractivity contribution < 1.29 is 4.74 Å². The number of likely N-dealkylation sites (N-methyl/N-ethyl adjacent to an activating group) is 1. The van der Waals surface area contributed by atoms with Gasteiger partial charge in [-0.05, 0) is 27.9 Å². The maximum absolute atomic E-state index is 5.89. The molecule has 0 fully saturated rings. The molecule has 1 heterocycles. The van der Waals surface area contributed by atoms with Crippen molar-refractivity contribution >= 4 is 17.5 Å². The molecule has 1 aromatic heterocycles. The standard InChI is InChI=1S/C10H17ClN4O/c1-10(2,15(3)4)6-16-8-7(11)5-13-9(12)14-8/h5H,6H2,1-4H3,(H2,12,13,14). The van der Waals surface area contributed by atoms with Gasteiger partial charge < -0.3 is 15.4 Å². The first-order valence-corrected chi connectivity index (χ1v) is 5.29. The van der Waals surface area contributed by atoms with Crippen molar-refractivity contribution in [3.05, 3.63) is 11.2 Å². The first kappa shape index (κ1) is 13.0. The van der Waals surface area contributed by atoms with Crippen LogP contribution in [0.2, 0.25) is 5.02 Å². The third-order valence-corrected chi connectivity index (χ3v) is 2.76. The van der Waals surface area contributed by atoms with Crippen LogP contribution in [0.5, 0.6) is 5.88 Å². The lowest BCUT2D eigenvalue weighted by molar-refractivity contribution is 0.111. The number of rotatable bonds is 4. The maximum Gasteiger partial charge on any atom is 0.237 e. The molecule has 0 spiro atoms. The van der Waals surface area contributed by atoms with Crippen molar-refractivity contribution in [2.45, 2.75) is 19.4 Å². The summed E-state index contributed by atoms with van der Waals surface area (Å²) in [5.74, 6) is 0.478. The maximum atomic E-state index is 5.89. The fourth-order valence-electron chi connectivity index (χ4n) is 0.840. The Morgan fingerprint density at radius 2 is 2.12 bits per heavy atom. The first-order chi connectivity index (χ1) is 7.33. The predicted molar refractivity (Wildman–Crippen MR) is 64.7 cm³/mol. The van der Waals surface area contributed by atoms with Crippen LogP contribution in [0.1, 0.15) is 13.8 Å². The second-order valence-electron chi connectivity index (χ2n) is 4.38. The van der Waals surface area contributed by atoms with E-state index in [2.05, 4.69) is 28.7 Å². The summed E-state index contributed by atoms with van der Waals surface area (Å²) in [6, 6.07) is 0. The summed E-state index contributed by atoms with van der Waals surface area (Å²) in [6.07, 6.45) is 1.43. The van der Waals surface area contributed by atoms with Crippen LogP contribution in [0.25, 0.3) is 0 Å². The van der Waals surface area contributed by atoms with Gasteiger partial charge in [-0.3, -0.25) is 0 Å². The van der Waals surface area contributed by atoms with Gasteiger partial charge in [-0.25, -0.2) is 4.98 Å². The number of nitrogens with zero attached hydrogens (tertiary/aromatic N) is 3. The molecule has 0 atom stereocenters. The predicted octanol–water partition coefficient (Wildman–Crippen LogP) is 1.43. The monoisotopic (exact) mass is 244 g/mol. The van der Waals surface area contributed by atoms with Gasteiger partial charge in [-0.1, -0.05) is 11.6 Å². The number of anilines is 1. The lowest BCUT2D eigenvalue weighted by atomic mass is 10.1. The molecule has 2 N–H and O–H groups in total. The van der Waals surface area contributed by atoms with E-state index in [1.165, 1.54) is 6.20 Å². The highest BCUT2D eigenvalue weighted by Crippen LogP contribution is 2.22. The summed E-state index contributed by atoms with van der Waals surface area (Å²) in [4.78, 5) is 9.75. The Hall–Kier alpha value is -1.07. The SMILES string of the molecule is CN(C)C(C)(C)COc1nc(N)ncc1Cl. The zero-order valence-corrected chi connectivity index (χ0v) is 10.7. The Kier molecular flexibility index (Phi) is 3.93. The van der Waals surface area contributed by atoms with Crippen LogP contribution >= 0.6 is 11.6 Å². The van der Waals surface area contributed by atoms with Crippen molar-refractivity contribution in [1.29, 1.82) is 0 Å². The van der Waals surface area contributed by atoms with E-state index in [9.17, 15) is 0 Å². The average molecular weight is 245 g/mol. The van der Waals surface area contributed by atoms with Gasteiger partial charge in [0, 0.05) is 5.54 Å². The van der Waals surface area contributed by atoms with Gasteiger partial charge in [0.05, 0.1) is 6.20 Å². The molecule has 0 saturated heterocycles. The summed E-state index contributed by atoms with van der Waals surface area (Å²) in [5, 5.41) is 0.365. The summed E-state index contributed by atoms with van der Waals surface area (Å²) < 4.78 is 5.54. The first-order valence-electron chi connectivity index (χ1n) is 4.91. The van der Waals surface area contributed by atoms with Gasteiger partial charge in [0.25, 0.3) is 0 Å². The molecular weight excluding hydrogens is 228 g/mol. The molecule has 1 rings (SSSR count). The molecule has 0 aromatic carbocycles. The molecule has 0 aliphatic heterocycles. The van der Waals surface area contributed by atoms with Crippen LogP contribution in [0.15, 0.2) is 6.20 Å². The van der Waals surface area contributed by atoms with Gasteiger partial charge in [0.1, 0.15) is 11.6 Å². The molecular formula is C10H17ClN4O. The molecule has 1 aromatic rings. The second kappa shape index (κ2) is 4.84. The van der Waals surface area contributed by atoms with E-state index in [-0.39, 0.29) is 11.5 Å². The van der Waals surface area contributed by atoms with E-state index in [4.69, 9.17) is 22.1 Å². The molecule has 0 amide bonds. The Morgan fingerprint density at radius 1 is 1.50 bits per heavy atom. The van der Waals surface area contributed by atoms with E-state index < -0.39 is 0 Å². The van der Waals surface area contributed by atoms with Crippen molar-refractivity contribution in [2.24, 2.45) is 0 Å². The Morgan fingerprint density at radius 3 is 2.69 bits per heavy atom. The van der Waals surface area contributed by atoms with E-state index >= 15 is 0 Å². The normalized spacial score (nSPS) is 11.9. The largest absolute Gasteiger partial charge is 0.475 e. The summed E-state index contributed by atoms with van der Waals surface area (Å²) >= 11 is 5.89. The molecule has 0 unspecified atom stereocenters. The molecule has 90 valence electrons. The van der Waals surface area contributed by atoms with Gasteiger partial charge in [0.2, 0.25) is 11.8 Å². The van der Waals surface area contributed by atoms with Gasteiger partial charge in [-0.15, -0.1) is 0 Å². The second-order valence-corrected chi connectivity index (χ2v) is 4.78. The number of ether oxygens (including phenoxy) is 1. The van der Waals surface area contributed by atoms with Gasteiger partial charge in [0.15, 0.2) is 0 Å². The highest BCUT2D eigenvalue weighted by molar-refractivity contribution is 6.31. The summed E-state index contributed by atoms with van der Waals surface area (Å²) in [7, 11) is 3.97. The minimum absolute atomic E-state index is 0.108. The minimum atomic E-state index is -0.108. The molecule has 0 bridgehead atoms. The highest BCUT2D eigenvalue weighted by Gasteiger charge is 2.22. The molecule has 0 radical (unpaired) electrons. The Bertz CT molecular complexity index is 368. The molecule has 0 aliphatic carbocycles. The smallest absolute Gasteiger partial charge is 0.237 e. The van der Waals surface area contributed by atoms with Crippen LogP contribution in [0.3, 0.4) is 0 Å². The van der Waals surface area contributed by atoms with Crippen LogP contribution in [-0.4, -0.2) is 41.1 Å². The number of nitrogens with two attached hydrogens (primary N) is 1. The minimum Gasteiger partial charge on any atom is -0.475 e. The fourth-order valence-corrected chi connectivity index (χ4v) is 0.985. The van der Waals surface area contributed by atoms with E-state index in [0.29, 0.717) is 17.5 Å². The third-order valence-electron chi connectivity index (χ3n) is 2.50. The Labute approximate surface area is 101 Å². The van der Waals surface area contributed by atoms with E-state index in [1.807, 2.05) is 14.1 Å². The third kappa shape index (κ3) is 3.21. The average Bonchev–Trinajstić information content (AvgIpc) is 2.19. The highest BCUT2D eigenvalue weighted by atomic mass is 35.5. The zero-order chi connectivity index (χ0) is 12.3. The number of hydrogen-bond donors (Lipinski definition) is 1. The van der Waals surface area contributed by atoms with Crippen LogP contribution in [0, 0.1) is 0 Å². The quantitative estimate of drug-likeness (QED) is 0.868. The summed E-state index contributed by atoms with van der Waals surface area (Å²) in [5.41, 5.74) is 5.35. The van der Waals surface area contributed by atoms with Crippen LogP contribution in [0.4, 0.5) is 5.95 Å². The lowest BCUT2D eigenvalue weighted by Gasteiger charge is -2.31. The van der Waals surface area contributed by atoms with Gasteiger partial charge >= 0.3 is 0 Å².